The molecule has 4 N–H and O–H groups in total. The summed E-state index contributed by atoms with van der Waals surface area (Å²) in [6.45, 7) is 1.99. The number of benzene rings is 2. The number of carbonyl (C=O) groups is 1. The highest BCUT2D eigenvalue weighted by molar-refractivity contribution is 5.83. The molecule has 3 rings (SSSR count). The van der Waals surface area contributed by atoms with Gasteiger partial charge in [-0.2, -0.15) is 5.53 Å². The van der Waals surface area contributed by atoms with Crippen molar-refractivity contribution >= 4 is 5.91 Å². The topological polar surface area (TPSA) is 65.2 Å². The minimum atomic E-state index is -0.367. The summed E-state index contributed by atoms with van der Waals surface area (Å²) < 4.78 is 0. The average molecular weight is 296 g/mol. The molecular formula is C17H20N4O. The standard InChI is InChI=1S/C17H20N4O/c1-12(13-8-4-2-5-9-13)18-17(22)16-15(19-21-20-16)14-10-6-3-7-11-14/h2-12,15-16,19-21H,1H3,(H,18,22). The summed E-state index contributed by atoms with van der Waals surface area (Å²) in [5, 5.41) is 3.06. The molecule has 0 bridgehead atoms. The van der Waals surface area contributed by atoms with Gasteiger partial charge in [-0.1, -0.05) is 60.7 Å². The molecule has 1 saturated heterocycles. The Balaban J connectivity index is 1.69. The summed E-state index contributed by atoms with van der Waals surface area (Å²) >= 11 is 0. The maximum Gasteiger partial charge on any atom is 0.241 e. The van der Waals surface area contributed by atoms with Gasteiger partial charge in [0.05, 0.1) is 12.1 Å². The summed E-state index contributed by atoms with van der Waals surface area (Å²) in [4.78, 5) is 12.6. The van der Waals surface area contributed by atoms with E-state index in [9.17, 15) is 4.79 Å². The predicted molar refractivity (Wildman–Crippen MR) is 85.4 cm³/mol. The maximum absolute atomic E-state index is 12.6. The lowest BCUT2D eigenvalue weighted by atomic mass is 9.99. The fraction of sp³-hybridized carbons (Fsp3) is 0.235. The van der Waals surface area contributed by atoms with Crippen LogP contribution in [0.3, 0.4) is 0 Å². The van der Waals surface area contributed by atoms with E-state index in [-0.39, 0.29) is 24.0 Å². The third-order valence-corrected chi connectivity index (χ3v) is 3.89. The Morgan fingerprint density at radius 1 is 1.00 bits per heavy atom. The number of nitrogens with one attached hydrogen (secondary N) is 4. The van der Waals surface area contributed by atoms with Gasteiger partial charge in [0.15, 0.2) is 0 Å². The monoisotopic (exact) mass is 296 g/mol. The van der Waals surface area contributed by atoms with Crippen LogP contribution in [0.2, 0.25) is 0 Å². The minimum absolute atomic E-state index is 0.0347. The van der Waals surface area contributed by atoms with E-state index in [4.69, 9.17) is 0 Å². The van der Waals surface area contributed by atoms with Gasteiger partial charge in [0.2, 0.25) is 5.91 Å². The molecule has 2 aromatic carbocycles. The molecule has 114 valence electrons. The van der Waals surface area contributed by atoms with Gasteiger partial charge in [-0.15, -0.1) is 0 Å². The first kappa shape index (κ1) is 14.7. The quantitative estimate of drug-likeness (QED) is 0.692. The molecule has 0 aromatic heterocycles. The molecule has 3 atom stereocenters. The summed E-state index contributed by atoms with van der Waals surface area (Å²) in [6, 6.07) is 19.3. The summed E-state index contributed by atoms with van der Waals surface area (Å²) in [5.74, 6) is -0.0392. The van der Waals surface area contributed by atoms with Gasteiger partial charge in [0.1, 0.15) is 6.04 Å². The van der Waals surface area contributed by atoms with Crippen LogP contribution in [0.15, 0.2) is 60.7 Å². The minimum Gasteiger partial charge on any atom is -0.348 e. The van der Waals surface area contributed by atoms with Crippen molar-refractivity contribution in [2.75, 3.05) is 0 Å². The summed E-state index contributed by atoms with van der Waals surface area (Å²) in [7, 11) is 0. The molecule has 5 nitrogen and oxygen atoms in total. The van der Waals surface area contributed by atoms with E-state index in [1.165, 1.54) is 0 Å². The molecule has 3 unspecified atom stereocenters. The highest BCUT2D eigenvalue weighted by Gasteiger charge is 2.34. The molecule has 22 heavy (non-hydrogen) atoms. The SMILES string of the molecule is CC(NC(=O)C1NNNC1c1ccccc1)c1ccccc1. The molecule has 2 aromatic rings. The summed E-state index contributed by atoms with van der Waals surface area (Å²) in [5.41, 5.74) is 11.1. The van der Waals surface area contributed by atoms with Gasteiger partial charge in [0.25, 0.3) is 0 Å². The lowest BCUT2D eigenvalue weighted by Crippen LogP contribution is -2.45. The van der Waals surface area contributed by atoms with E-state index in [2.05, 4.69) is 21.7 Å². The third kappa shape index (κ3) is 3.17. The second-order valence-electron chi connectivity index (χ2n) is 5.42. The summed E-state index contributed by atoms with van der Waals surface area (Å²) in [6.07, 6.45) is 0. The van der Waals surface area contributed by atoms with Gasteiger partial charge < -0.3 is 5.32 Å². The van der Waals surface area contributed by atoms with E-state index in [1.54, 1.807) is 0 Å². The second-order valence-corrected chi connectivity index (χ2v) is 5.42. The zero-order valence-electron chi connectivity index (χ0n) is 12.4. The van der Waals surface area contributed by atoms with Crippen LogP contribution in [-0.4, -0.2) is 11.9 Å². The normalized spacial score (nSPS) is 22.2. The Bertz CT molecular complexity index is 617. The first-order valence-corrected chi connectivity index (χ1v) is 7.42. The molecular weight excluding hydrogens is 276 g/mol. The van der Waals surface area contributed by atoms with Crippen LogP contribution in [0.4, 0.5) is 0 Å². The second kappa shape index (κ2) is 6.70. The average Bonchev–Trinajstić information content (AvgIpc) is 3.06. The molecule has 1 aliphatic rings. The van der Waals surface area contributed by atoms with Gasteiger partial charge in [-0.25, -0.2) is 10.9 Å². The lowest BCUT2D eigenvalue weighted by molar-refractivity contribution is -0.123. The highest BCUT2D eigenvalue weighted by atomic mass is 16.2. The maximum atomic E-state index is 12.6. The van der Waals surface area contributed by atoms with E-state index < -0.39 is 0 Å². The zero-order valence-corrected chi connectivity index (χ0v) is 12.4. The van der Waals surface area contributed by atoms with Crippen molar-refractivity contribution in [3.8, 4) is 0 Å². The number of hydrazine groups is 2. The number of rotatable bonds is 4. The molecule has 0 radical (unpaired) electrons. The molecule has 1 aliphatic heterocycles. The molecule has 1 fully saturated rings. The Hall–Kier alpha value is -2.21. The van der Waals surface area contributed by atoms with Crippen LogP contribution < -0.4 is 21.7 Å². The predicted octanol–water partition coefficient (Wildman–Crippen LogP) is 1.59. The van der Waals surface area contributed by atoms with Gasteiger partial charge in [-0.05, 0) is 18.1 Å². The van der Waals surface area contributed by atoms with Crippen molar-refractivity contribution in [2.45, 2.75) is 25.0 Å². The Morgan fingerprint density at radius 2 is 1.64 bits per heavy atom. The van der Waals surface area contributed by atoms with Crippen LogP contribution in [0, 0.1) is 0 Å². The zero-order chi connectivity index (χ0) is 15.4. The number of hydrogen-bond donors (Lipinski definition) is 4. The van der Waals surface area contributed by atoms with E-state index in [1.807, 2.05) is 67.6 Å². The van der Waals surface area contributed by atoms with E-state index in [0.717, 1.165) is 11.1 Å². The van der Waals surface area contributed by atoms with Crippen LogP contribution in [0.5, 0.6) is 0 Å². The van der Waals surface area contributed by atoms with Crippen LogP contribution >= 0.6 is 0 Å². The Morgan fingerprint density at radius 3 is 2.32 bits per heavy atom. The fourth-order valence-corrected chi connectivity index (χ4v) is 2.65. The van der Waals surface area contributed by atoms with Crippen molar-refractivity contribution in [1.29, 1.82) is 0 Å². The van der Waals surface area contributed by atoms with Crippen molar-refractivity contribution in [3.05, 3.63) is 71.8 Å². The van der Waals surface area contributed by atoms with Crippen molar-refractivity contribution in [2.24, 2.45) is 0 Å². The number of amides is 1. The largest absolute Gasteiger partial charge is 0.348 e. The molecule has 0 aliphatic carbocycles. The van der Waals surface area contributed by atoms with Crippen LogP contribution in [0.25, 0.3) is 0 Å². The fourth-order valence-electron chi connectivity index (χ4n) is 2.65. The first-order chi connectivity index (χ1) is 10.8. The van der Waals surface area contributed by atoms with Crippen molar-refractivity contribution < 1.29 is 4.79 Å². The van der Waals surface area contributed by atoms with Crippen LogP contribution in [-0.2, 0) is 4.79 Å². The molecule has 5 heteroatoms. The molecule has 0 spiro atoms. The highest BCUT2D eigenvalue weighted by Crippen LogP contribution is 2.20. The van der Waals surface area contributed by atoms with Crippen LogP contribution in [0.1, 0.15) is 30.1 Å². The first-order valence-electron chi connectivity index (χ1n) is 7.42. The number of carbonyl (C=O) groups excluding carboxylic acids is 1. The van der Waals surface area contributed by atoms with Gasteiger partial charge in [-0.3, -0.25) is 4.79 Å². The lowest BCUT2D eigenvalue weighted by Gasteiger charge is -2.21. The van der Waals surface area contributed by atoms with Crippen molar-refractivity contribution in [1.82, 2.24) is 21.7 Å². The third-order valence-electron chi connectivity index (χ3n) is 3.89. The molecule has 0 saturated carbocycles. The molecule has 1 amide bonds. The Kier molecular flexibility index (Phi) is 4.48. The smallest absolute Gasteiger partial charge is 0.241 e. The number of hydrogen-bond acceptors (Lipinski definition) is 4. The Labute approximate surface area is 130 Å². The van der Waals surface area contributed by atoms with E-state index in [0.29, 0.717) is 0 Å². The van der Waals surface area contributed by atoms with E-state index >= 15 is 0 Å². The molecule has 1 heterocycles. The van der Waals surface area contributed by atoms with Gasteiger partial charge in [0, 0.05) is 0 Å². The van der Waals surface area contributed by atoms with Crippen molar-refractivity contribution in [3.63, 3.8) is 0 Å². The van der Waals surface area contributed by atoms with Gasteiger partial charge >= 0.3 is 0 Å².